The second kappa shape index (κ2) is 8.14. The molecule has 1 fully saturated rings. The molecule has 0 spiro atoms. The summed E-state index contributed by atoms with van der Waals surface area (Å²) in [5.74, 6) is -0.562. The van der Waals surface area contributed by atoms with Crippen LogP contribution in [0.5, 0.6) is 0 Å². The van der Waals surface area contributed by atoms with Crippen LogP contribution in [0.15, 0.2) is 30.3 Å². The van der Waals surface area contributed by atoms with Crippen LogP contribution in [0.4, 0.5) is 10.5 Å². The molecule has 1 aliphatic rings. The van der Waals surface area contributed by atoms with Gasteiger partial charge in [0.1, 0.15) is 6.10 Å². The molecule has 0 radical (unpaired) electrons. The third kappa shape index (κ3) is 4.84. The van der Waals surface area contributed by atoms with Crippen LogP contribution in [0.3, 0.4) is 0 Å². The molecule has 7 nitrogen and oxygen atoms in total. The van der Waals surface area contributed by atoms with Crippen molar-refractivity contribution >= 4 is 29.7 Å². The van der Waals surface area contributed by atoms with Gasteiger partial charge in [-0.2, -0.15) is 0 Å². The number of anilines is 1. The lowest BCUT2D eigenvalue weighted by Gasteiger charge is -2.13. The number of nitrogens with zero attached hydrogens (tertiary/aromatic N) is 1. The number of carbonyl (C=O) groups excluding carboxylic acids is 3. The molecule has 1 N–H and O–H groups in total. The van der Waals surface area contributed by atoms with Crippen LogP contribution in [-0.4, -0.2) is 43.8 Å². The number of hydrogen-bond donors (Lipinski definition) is 1. The maximum Gasteiger partial charge on any atom is 0.414 e. The van der Waals surface area contributed by atoms with Gasteiger partial charge in [0.25, 0.3) is 0 Å². The Morgan fingerprint density at radius 1 is 1.38 bits per heavy atom. The van der Waals surface area contributed by atoms with Gasteiger partial charge in [-0.3, -0.25) is 9.69 Å². The molecule has 0 aliphatic carbocycles. The molecule has 0 bridgehead atoms. The highest BCUT2D eigenvalue weighted by molar-refractivity contribution is 5.90. The molecular weight excluding hydrogens is 312 g/mol. The van der Waals surface area contributed by atoms with Gasteiger partial charge in [-0.1, -0.05) is 12.1 Å². The Morgan fingerprint density at radius 2 is 2.08 bits per heavy atom. The van der Waals surface area contributed by atoms with E-state index in [-0.39, 0.29) is 18.6 Å². The number of esters is 1. The molecule has 0 saturated carbocycles. The van der Waals surface area contributed by atoms with Gasteiger partial charge in [-0.05, 0) is 30.7 Å². The summed E-state index contributed by atoms with van der Waals surface area (Å²) >= 11 is 0. The van der Waals surface area contributed by atoms with Gasteiger partial charge < -0.3 is 14.8 Å². The minimum Gasteiger partial charge on any atom is -0.463 e. The average molecular weight is 332 g/mol. The monoisotopic (exact) mass is 332 g/mol. The van der Waals surface area contributed by atoms with Gasteiger partial charge >= 0.3 is 12.1 Å². The van der Waals surface area contributed by atoms with E-state index >= 15 is 0 Å². The molecule has 1 aliphatic heterocycles. The van der Waals surface area contributed by atoms with Crippen LogP contribution < -0.4 is 10.2 Å². The largest absolute Gasteiger partial charge is 0.463 e. The van der Waals surface area contributed by atoms with E-state index < -0.39 is 12.1 Å². The highest BCUT2D eigenvalue weighted by Gasteiger charge is 2.32. The van der Waals surface area contributed by atoms with Crippen LogP contribution in [0, 0.1) is 0 Å². The number of amides is 2. The maximum absolute atomic E-state index is 11.9. The molecule has 7 heteroatoms. The molecule has 2 amide bonds. The Balaban J connectivity index is 1.96. The summed E-state index contributed by atoms with van der Waals surface area (Å²) in [6.45, 7) is 4.15. The first-order valence-electron chi connectivity index (χ1n) is 7.67. The van der Waals surface area contributed by atoms with E-state index in [9.17, 15) is 14.4 Å². The van der Waals surface area contributed by atoms with Crippen LogP contribution >= 0.6 is 0 Å². The summed E-state index contributed by atoms with van der Waals surface area (Å²) in [5.41, 5.74) is 1.51. The van der Waals surface area contributed by atoms with E-state index in [1.807, 2.05) is 0 Å². The standard InChI is InChI=1S/C17H20N2O5/c1-3-23-16(21)9-6-13-4-7-14(8-5-13)19-11-15(24-17(19)22)10-18-12(2)20/h4-9,15H,3,10-11H2,1-2H3,(H,18,20). The first kappa shape index (κ1) is 17.5. The molecule has 0 aromatic heterocycles. The normalized spacial score (nSPS) is 17.0. The van der Waals surface area contributed by atoms with Crippen LogP contribution in [-0.2, 0) is 19.1 Å². The molecule has 2 rings (SSSR count). The molecule has 1 aromatic carbocycles. The molecule has 24 heavy (non-hydrogen) atoms. The van der Waals surface area contributed by atoms with Crippen molar-refractivity contribution in [2.24, 2.45) is 0 Å². The van der Waals surface area contributed by atoms with Crippen LogP contribution in [0.25, 0.3) is 6.08 Å². The number of hydrogen-bond acceptors (Lipinski definition) is 5. The third-order valence-corrected chi connectivity index (χ3v) is 3.36. The topological polar surface area (TPSA) is 84.9 Å². The zero-order valence-electron chi connectivity index (χ0n) is 13.7. The van der Waals surface area contributed by atoms with Crippen molar-refractivity contribution in [1.82, 2.24) is 5.32 Å². The number of rotatable bonds is 6. The number of ether oxygens (including phenoxy) is 2. The number of benzene rings is 1. The molecular formula is C17H20N2O5. The summed E-state index contributed by atoms with van der Waals surface area (Å²) < 4.78 is 10.0. The lowest BCUT2D eigenvalue weighted by molar-refractivity contribution is -0.137. The molecule has 1 unspecified atom stereocenters. The zero-order valence-corrected chi connectivity index (χ0v) is 13.7. The second-order valence-corrected chi connectivity index (χ2v) is 5.23. The summed E-state index contributed by atoms with van der Waals surface area (Å²) in [5, 5.41) is 2.63. The zero-order chi connectivity index (χ0) is 17.5. The molecule has 1 saturated heterocycles. The van der Waals surface area contributed by atoms with Crippen molar-refractivity contribution in [1.29, 1.82) is 0 Å². The first-order chi connectivity index (χ1) is 11.5. The van der Waals surface area contributed by atoms with Crippen molar-refractivity contribution in [3.05, 3.63) is 35.9 Å². The molecule has 128 valence electrons. The third-order valence-electron chi connectivity index (χ3n) is 3.36. The van der Waals surface area contributed by atoms with Crippen molar-refractivity contribution in [3.8, 4) is 0 Å². The van der Waals surface area contributed by atoms with Gasteiger partial charge in [0.15, 0.2) is 0 Å². The minimum atomic E-state index is -0.444. The second-order valence-electron chi connectivity index (χ2n) is 5.23. The van der Waals surface area contributed by atoms with Gasteiger partial charge in [0, 0.05) is 18.7 Å². The quantitative estimate of drug-likeness (QED) is 0.633. The van der Waals surface area contributed by atoms with Gasteiger partial charge in [-0.25, -0.2) is 9.59 Å². The van der Waals surface area contributed by atoms with Gasteiger partial charge in [0.2, 0.25) is 5.91 Å². The van der Waals surface area contributed by atoms with Crippen molar-refractivity contribution in [2.45, 2.75) is 20.0 Å². The Morgan fingerprint density at radius 3 is 2.71 bits per heavy atom. The fourth-order valence-electron chi connectivity index (χ4n) is 2.22. The summed E-state index contributed by atoms with van der Waals surface area (Å²) in [7, 11) is 0. The fraction of sp³-hybridized carbons (Fsp3) is 0.353. The average Bonchev–Trinajstić information content (AvgIpc) is 2.93. The molecule has 1 atom stereocenters. The number of nitrogens with one attached hydrogen (secondary N) is 1. The van der Waals surface area contributed by atoms with E-state index in [1.54, 1.807) is 37.3 Å². The Hall–Kier alpha value is -2.83. The first-order valence-corrected chi connectivity index (χ1v) is 7.67. The molecule has 1 aromatic rings. The van der Waals surface area contributed by atoms with Crippen molar-refractivity contribution in [3.63, 3.8) is 0 Å². The Labute approximate surface area is 140 Å². The lowest BCUT2D eigenvalue weighted by Crippen LogP contribution is -2.33. The highest BCUT2D eigenvalue weighted by Crippen LogP contribution is 2.22. The maximum atomic E-state index is 11.9. The van der Waals surface area contributed by atoms with Crippen molar-refractivity contribution in [2.75, 3.05) is 24.6 Å². The van der Waals surface area contributed by atoms with Gasteiger partial charge in [0.05, 0.1) is 19.7 Å². The van der Waals surface area contributed by atoms with E-state index in [4.69, 9.17) is 9.47 Å². The highest BCUT2D eigenvalue weighted by atomic mass is 16.6. The predicted octanol–water partition coefficient (Wildman–Crippen LogP) is 1.72. The van der Waals surface area contributed by atoms with Crippen LogP contribution in [0.1, 0.15) is 19.4 Å². The minimum absolute atomic E-state index is 0.165. The summed E-state index contributed by atoms with van der Waals surface area (Å²) in [4.78, 5) is 35.6. The Bertz CT molecular complexity index is 639. The smallest absolute Gasteiger partial charge is 0.414 e. The lowest BCUT2D eigenvalue weighted by atomic mass is 10.2. The van der Waals surface area contributed by atoms with E-state index in [2.05, 4.69) is 5.32 Å². The predicted molar refractivity (Wildman–Crippen MR) is 88.4 cm³/mol. The molecule has 1 heterocycles. The van der Waals surface area contributed by atoms with E-state index in [0.29, 0.717) is 18.8 Å². The summed E-state index contributed by atoms with van der Waals surface area (Å²) in [6.07, 6.45) is 2.18. The Kier molecular flexibility index (Phi) is 5.95. The van der Waals surface area contributed by atoms with E-state index in [1.165, 1.54) is 17.9 Å². The fourth-order valence-corrected chi connectivity index (χ4v) is 2.22. The number of cyclic esters (lactones) is 1. The van der Waals surface area contributed by atoms with Crippen molar-refractivity contribution < 1.29 is 23.9 Å². The SMILES string of the molecule is CCOC(=O)C=Cc1ccc(N2CC(CNC(C)=O)OC2=O)cc1. The van der Waals surface area contributed by atoms with E-state index in [0.717, 1.165) is 5.56 Å². The number of carbonyl (C=O) groups is 3. The summed E-state index contributed by atoms with van der Waals surface area (Å²) in [6, 6.07) is 7.12. The van der Waals surface area contributed by atoms with Gasteiger partial charge in [-0.15, -0.1) is 0 Å². The van der Waals surface area contributed by atoms with Crippen LogP contribution in [0.2, 0.25) is 0 Å².